The lowest BCUT2D eigenvalue weighted by Crippen LogP contribution is -2.58. The molecule has 1 aromatic carbocycles. The van der Waals surface area contributed by atoms with E-state index in [4.69, 9.17) is 4.74 Å². The summed E-state index contributed by atoms with van der Waals surface area (Å²) in [6.07, 6.45) is 0.762. The lowest BCUT2D eigenvalue weighted by Gasteiger charge is -2.43. The number of carbonyl (C=O) groups is 1. The first-order valence-corrected chi connectivity index (χ1v) is 7.46. The van der Waals surface area contributed by atoms with Gasteiger partial charge in [0.1, 0.15) is 5.75 Å². The van der Waals surface area contributed by atoms with E-state index in [1.807, 2.05) is 0 Å². The maximum Gasteiger partial charge on any atom is 0.325 e. The molecular weight excluding hydrogens is 268 g/mol. The molecule has 0 amide bonds. The molecule has 2 atom stereocenters. The normalized spacial score (nSPS) is 26.5. The first-order chi connectivity index (χ1) is 8.86. The highest BCUT2D eigenvalue weighted by atomic mass is 32.2. The van der Waals surface area contributed by atoms with Crippen molar-refractivity contribution in [3.63, 3.8) is 0 Å². The second kappa shape index (κ2) is 4.52. The van der Waals surface area contributed by atoms with Gasteiger partial charge >= 0.3 is 5.97 Å². The van der Waals surface area contributed by atoms with Crippen LogP contribution in [0.5, 0.6) is 5.75 Å². The molecule has 0 spiro atoms. The van der Waals surface area contributed by atoms with Gasteiger partial charge in [-0.25, -0.2) is 8.42 Å². The van der Waals surface area contributed by atoms with Crippen molar-refractivity contribution in [3.8, 4) is 5.75 Å². The third kappa shape index (κ3) is 1.82. The van der Waals surface area contributed by atoms with Crippen LogP contribution in [0.25, 0.3) is 0 Å². The van der Waals surface area contributed by atoms with E-state index in [1.54, 1.807) is 19.1 Å². The van der Waals surface area contributed by atoms with Gasteiger partial charge in [0.15, 0.2) is 14.6 Å². The van der Waals surface area contributed by atoms with Gasteiger partial charge in [-0.05, 0) is 37.0 Å². The molecule has 1 saturated carbocycles. The van der Waals surface area contributed by atoms with E-state index in [9.17, 15) is 18.3 Å². The topological polar surface area (TPSA) is 80.7 Å². The van der Waals surface area contributed by atoms with Crippen molar-refractivity contribution in [1.29, 1.82) is 0 Å². The standard InChI is InChI=1S/C13H16O5S/c1-9-6-7-13(9,12(14)15)19(16,17)11-5-3-4-10(8-11)18-2/h3-5,8-9H,6-7H2,1-2H3,(H,14,15). The van der Waals surface area contributed by atoms with E-state index < -0.39 is 20.6 Å². The smallest absolute Gasteiger partial charge is 0.325 e. The highest BCUT2D eigenvalue weighted by molar-refractivity contribution is 7.93. The maximum absolute atomic E-state index is 12.6. The van der Waals surface area contributed by atoms with Crippen LogP contribution in [0.3, 0.4) is 0 Å². The lowest BCUT2D eigenvalue weighted by molar-refractivity contribution is -0.144. The fraction of sp³-hybridized carbons (Fsp3) is 0.462. The minimum absolute atomic E-state index is 0.000741. The van der Waals surface area contributed by atoms with Crippen LogP contribution < -0.4 is 4.74 Å². The first kappa shape index (κ1) is 13.9. The summed E-state index contributed by atoms with van der Waals surface area (Å²) >= 11 is 0. The van der Waals surface area contributed by atoms with E-state index in [0.29, 0.717) is 12.2 Å². The fourth-order valence-corrected chi connectivity index (χ4v) is 4.72. The molecule has 1 fully saturated rings. The van der Waals surface area contributed by atoms with Gasteiger partial charge < -0.3 is 9.84 Å². The second-order valence-corrected chi connectivity index (χ2v) is 7.02. The number of hydrogen-bond donors (Lipinski definition) is 1. The summed E-state index contributed by atoms with van der Waals surface area (Å²) in [7, 11) is -2.49. The van der Waals surface area contributed by atoms with Crippen molar-refractivity contribution in [2.75, 3.05) is 7.11 Å². The molecule has 0 aromatic heterocycles. The largest absolute Gasteiger partial charge is 0.497 e. The zero-order chi connectivity index (χ0) is 14.3. The van der Waals surface area contributed by atoms with Crippen molar-refractivity contribution < 1.29 is 23.1 Å². The molecule has 104 valence electrons. The zero-order valence-electron chi connectivity index (χ0n) is 10.8. The minimum Gasteiger partial charge on any atom is -0.497 e. The Morgan fingerprint density at radius 2 is 2.16 bits per heavy atom. The first-order valence-electron chi connectivity index (χ1n) is 5.98. The van der Waals surface area contributed by atoms with Gasteiger partial charge in [0.25, 0.3) is 0 Å². The number of sulfone groups is 1. The van der Waals surface area contributed by atoms with Crippen LogP contribution in [0.4, 0.5) is 0 Å². The summed E-state index contributed by atoms with van der Waals surface area (Å²) in [5.41, 5.74) is 0. The summed E-state index contributed by atoms with van der Waals surface area (Å²) in [5.74, 6) is -1.26. The predicted octanol–water partition coefficient (Wildman–Crippen LogP) is 1.72. The second-order valence-electron chi connectivity index (χ2n) is 4.82. The van der Waals surface area contributed by atoms with Crippen molar-refractivity contribution in [2.24, 2.45) is 5.92 Å². The summed E-state index contributed by atoms with van der Waals surface area (Å²) in [6.45, 7) is 1.66. The van der Waals surface area contributed by atoms with E-state index in [0.717, 1.165) is 0 Å². The summed E-state index contributed by atoms with van der Waals surface area (Å²) in [6, 6.07) is 5.94. The Balaban J connectivity index is 2.55. The molecule has 1 aromatic rings. The van der Waals surface area contributed by atoms with Crippen LogP contribution in [-0.4, -0.2) is 31.4 Å². The van der Waals surface area contributed by atoms with Crippen molar-refractivity contribution in [1.82, 2.24) is 0 Å². The molecule has 6 heteroatoms. The molecule has 1 aliphatic rings. The number of carboxylic acid groups (broad SMARTS) is 1. The molecule has 5 nitrogen and oxygen atoms in total. The molecule has 2 unspecified atom stereocenters. The number of carboxylic acids is 1. The highest BCUT2D eigenvalue weighted by Crippen LogP contribution is 2.47. The number of benzene rings is 1. The van der Waals surface area contributed by atoms with Gasteiger partial charge in [-0.15, -0.1) is 0 Å². The summed E-state index contributed by atoms with van der Waals surface area (Å²) < 4.78 is 28.5. The third-order valence-corrected chi connectivity index (χ3v) is 6.55. The fourth-order valence-electron chi connectivity index (χ4n) is 2.51. The summed E-state index contributed by atoms with van der Waals surface area (Å²) in [4.78, 5) is 11.5. The SMILES string of the molecule is COc1cccc(S(=O)(=O)C2(C(=O)O)CCC2C)c1. The monoisotopic (exact) mass is 284 g/mol. The Bertz CT molecular complexity index is 607. The van der Waals surface area contributed by atoms with Gasteiger partial charge in [0.05, 0.1) is 12.0 Å². The van der Waals surface area contributed by atoms with Crippen LogP contribution in [0.15, 0.2) is 29.2 Å². The number of ether oxygens (including phenoxy) is 1. The molecule has 1 aliphatic carbocycles. The number of rotatable bonds is 4. The molecule has 19 heavy (non-hydrogen) atoms. The third-order valence-electron chi connectivity index (χ3n) is 3.94. The molecule has 0 aliphatic heterocycles. The van der Waals surface area contributed by atoms with Gasteiger partial charge in [-0.2, -0.15) is 0 Å². The highest BCUT2D eigenvalue weighted by Gasteiger charge is 2.61. The molecule has 0 bridgehead atoms. The van der Waals surface area contributed by atoms with Crippen LogP contribution >= 0.6 is 0 Å². The van der Waals surface area contributed by atoms with Crippen LogP contribution in [0.2, 0.25) is 0 Å². The van der Waals surface area contributed by atoms with Crippen LogP contribution in [-0.2, 0) is 14.6 Å². The Labute approximate surface area is 112 Å². The van der Waals surface area contributed by atoms with E-state index in [-0.39, 0.29) is 17.2 Å². The lowest BCUT2D eigenvalue weighted by atomic mass is 9.74. The van der Waals surface area contributed by atoms with E-state index in [1.165, 1.54) is 19.2 Å². The van der Waals surface area contributed by atoms with Crippen LogP contribution in [0.1, 0.15) is 19.8 Å². The van der Waals surface area contributed by atoms with E-state index in [2.05, 4.69) is 0 Å². The Hall–Kier alpha value is -1.56. The molecule has 0 radical (unpaired) electrons. The van der Waals surface area contributed by atoms with Gasteiger partial charge in [-0.1, -0.05) is 13.0 Å². The number of aliphatic carboxylic acids is 1. The maximum atomic E-state index is 12.6. The molecule has 2 rings (SSSR count). The van der Waals surface area contributed by atoms with Crippen molar-refractivity contribution in [2.45, 2.75) is 29.4 Å². The Morgan fingerprint density at radius 1 is 1.47 bits per heavy atom. The molecular formula is C13H16O5S. The van der Waals surface area contributed by atoms with Crippen molar-refractivity contribution in [3.05, 3.63) is 24.3 Å². The molecule has 1 N–H and O–H groups in total. The van der Waals surface area contributed by atoms with Gasteiger partial charge in [0, 0.05) is 0 Å². The zero-order valence-corrected chi connectivity index (χ0v) is 11.6. The van der Waals surface area contributed by atoms with Gasteiger partial charge in [0.2, 0.25) is 0 Å². The number of hydrogen-bond acceptors (Lipinski definition) is 4. The quantitative estimate of drug-likeness (QED) is 0.910. The molecule has 0 heterocycles. The van der Waals surface area contributed by atoms with Crippen LogP contribution in [0, 0.1) is 5.92 Å². The van der Waals surface area contributed by atoms with Crippen molar-refractivity contribution >= 4 is 15.8 Å². The average molecular weight is 284 g/mol. The average Bonchev–Trinajstić information content (AvgIpc) is 2.36. The predicted molar refractivity (Wildman–Crippen MR) is 68.9 cm³/mol. The Kier molecular flexibility index (Phi) is 3.30. The van der Waals surface area contributed by atoms with E-state index >= 15 is 0 Å². The molecule has 0 saturated heterocycles. The van der Waals surface area contributed by atoms with Gasteiger partial charge in [-0.3, -0.25) is 4.79 Å². The number of methoxy groups -OCH3 is 1. The Morgan fingerprint density at radius 3 is 2.58 bits per heavy atom. The minimum atomic E-state index is -3.92. The summed E-state index contributed by atoms with van der Waals surface area (Å²) in [5, 5.41) is 9.37.